The molecule has 1 rings (SSSR count). The minimum atomic E-state index is -1.05. The van der Waals surface area contributed by atoms with E-state index in [1.807, 2.05) is 0 Å². The van der Waals surface area contributed by atoms with E-state index in [0.29, 0.717) is 6.04 Å². The van der Waals surface area contributed by atoms with Crippen molar-refractivity contribution in [2.75, 3.05) is 26.3 Å². The van der Waals surface area contributed by atoms with Gasteiger partial charge in [0.2, 0.25) is 5.91 Å². The second-order valence-electron chi connectivity index (χ2n) is 4.22. The van der Waals surface area contributed by atoms with Gasteiger partial charge in [-0.05, 0) is 12.8 Å². The van der Waals surface area contributed by atoms with Crippen molar-refractivity contribution in [1.29, 1.82) is 0 Å². The number of aliphatic carboxylic acids is 1. The van der Waals surface area contributed by atoms with Crippen molar-refractivity contribution in [2.45, 2.75) is 25.3 Å². The van der Waals surface area contributed by atoms with Crippen LogP contribution in [-0.2, 0) is 14.3 Å². The lowest BCUT2D eigenvalue weighted by atomic mass is 10.4. The second-order valence-corrected chi connectivity index (χ2v) is 4.22. The zero-order valence-corrected chi connectivity index (χ0v) is 10.6. The van der Waals surface area contributed by atoms with Gasteiger partial charge in [0.1, 0.15) is 6.61 Å². The van der Waals surface area contributed by atoms with Crippen molar-refractivity contribution in [3.05, 3.63) is 0 Å². The van der Waals surface area contributed by atoms with Crippen molar-refractivity contribution < 1.29 is 24.2 Å². The minimum absolute atomic E-state index is 0.0624. The predicted molar refractivity (Wildman–Crippen MR) is 65.6 cm³/mol. The first-order valence-corrected chi connectivity index (χ1v) is 6.18. The molecule has 0 saturated heterocycles. The summed E-state index contributed by atoms with van der Waals surface area (Å²) in [5, 5.41) is 16.1. The van der Waals surface area contributed by atoms with E-state index >= 15 is 0 Å². The van der Waals surface area contributed by atoms with Gasteiger partial charge in [0.05, 0.1) is 6.61 Å². The SMILES string of the molecule is O=C(O)COCCNC(=O)NCCC(=O)NC1CC1. The second kappa shape index (κ2) is 8.30. The van der Waals surface area contributed by atoms with Gasteiger partial charge in [0, 0.05) is 25.6 Å². The monoisotopic (exact) mass is 273 g/mol. The van der Waals surface area contributed by atoms with Crippen LogP contribution in [0, 0.1) is 0 Å². The summed E-state index contributed by atoms with van der Waals surface area (Å²) in [6.07, 6.45) is 2.32. The molecule has 0 unspecified atom stereocenters. The Bertz CT molecular complexity index is 330. The number of amides is 3. The van der Waals surface area contributed by atoms with Crippen molar-refractivity contribution in [1.82, 2.24) is 16.0 Å². The third-order valence-electron chi connectivity index (χ3n) is 2.34. The molecule has 1 aliphatic rings. The van der Waals surface area contributed by atoms with Gasteiger partial charge in [-0.15, -0.1) is 0 Å². The van der Waals surface area contributed by atoms with Crippen LogP contribution in [-0.4, -0.2) is 55.4 Å². The maximum absolute atomic E-state index is 11.3. The van der Waals surface area contributed by atoms with Crippen molar-refractivity contribution in [3.8, 4) is 0 Å². The molecule has 1 saturated carbocycles. The van der Waals surface area contributed by atoms with Crippen LogP contribution in [0.4, 0.5) is 4.79 Å². The molecule has 0 heterocycles. The standard InChI is InChI=1S/C11H19N3O5/c15-9(14-8-1-2-8)3-4-12-11(18)13-5-6-19-7-10(16)17/h8H,1-7H2,(H,14,15)(H,16,17)(H2,12,13,18). The highest BCUT2D eigenvalue weighted by atomic mass is 16.5. The van der Waals surface area contributed by atoms with Crippen LogP contribution in [0.25, 0.3) is 0 Å². The first-order valence-electron chi connectivity index (χ1n) is 6.18. The van der Waals surface area contributed by atoms with E-state index in [1.54, 1.807) is 0 Å². The lowest BCUT2D eigenvalue weighted by Gasteiger charge is -2.07. The number of carbonyl (C=O) groups excluding carboxylic acids is 2. The average Bonchev–Trinajstić information content (AvgIpc) is 3.12. The Morgan fingerprint density at radius 3 is 2.47 bits per heavy atom. The Morgan fingerprint density at radius 2 is 1.84 bits per heavy atom. The normalized spacial score (nSPS) is 13.7. The smallest absolute Gasteiger partial charge is 0.329 e. The quantitative estimate of drug-likeness (QED) is 0.404. The predicted octanol–water partition coefficient (Wildman–Crippen LogP) is -0.944. The molecule has 0 atom stereocenters. The summed E-state index contributed by atoms with van der Waals surface area (Å²) >= 11 is 0. The van der Waals surface area contributed by atoms with Gasteiger partial charge >= 0.3 is 12.0 Å². The van der Waals surface area contributed by atoms with Gasteiger partial charge in [-0.2, -0.15) is 0 Å². The van der Waals surface area contributed by atoms with Gasteiger partial charge in [-0.25, -0.2) is 9.59 Å². The van der Waals surface area contributed by atoms with Crippen molar-refractivity contribution in [2.24, 2.45) is 0 Å². The topological polar surface area (TPSA) is 117 Å². The number of carbonyl (C=O) groups is 3. The van der Waals surface area contributed by atoms with Crippen molar-refractivity contribution in [3.63, 3.8) is 0 Å². The van der Waals surface area contributed by atoms with Crippen LogP contribution in [0.5, 0.6) is 0 Å². The molecular formula is C11H19N3O5. The van der Waals surface area contributed by atoms with Crippen LogP contribution >= 0.6 is 0 Å². The molecule has 8 heteroatoms. The lowest BCUT2D eigenvalue weighted by Crippen LogP contribution is -2.39. The van der Waals surface area contributed by atoms with E-state index in [9.17, 15) is 14.4 Å². The lowest BCUT2D eigenvalue weighted by molar-refractivity contribution is -0.142. The number of hydrogen-bond acceptors (Lipinski definition) is 4. The fourth-order valence-electron chi connectivity index (χ4n) is 1.28. The summed E-state index contributed by atoms with van der Waals surface area (Å²) in [7, 11) is 0. The first-order chi connectivity index (χ1) is 9.08. The highest BCUT2D eigenvalue weighted by Gasteiger charge is 2.22. The van der Waals surface area contributed by atoms with E-state index in [-0.39, 0.29) is 38.6 Å². The maximum atomic E-state index is 11.3. The van der Waals surface area contributed by atoms with Crippen LogP contribution in [0.1, 0.15) is 19.3 Å². The summed E-state index contributed by atoms with van der Waals surface area (Å²) in [4.78, 5) is 32.6. The maximum Gasteiger partial charge on any atom is 0.329 e. The molecule has 0 spiro atoms. The highest BCUT2D eigenvalue weighted by Crippen LogP contribution is 2.18. The van der Waals surface area contributed by atoms with Gasteiger partial charge in [0.15, 0.2) is 0 Å². The van der Waals surface area contributed by atoms with Gasteiger partial charge in [-0.3, -0.25) is 4.79 Å². The van der Waals surface area contributed by atoms with E-state index in [4.69, 9.17) is 9.84 Å². The zero-order chi connectivity index (χ0) is 14.1. The van der Waals surface area contributed by atoms with E-state index in [0.717, 1.165) is 12.8 Å². The number of urea groups is 1. The molecule has 8 nitrogen and oxygen atoms in total. The Kier molecular flexibility index (Phi) is 6.65. The molecule has 4 N–H and O–H groups in total. The molecule has 19 heavy (non-hydrogen) atoms. The van der Waals surface area contributed by atoms with Crippen LogP contribution in [0.3, 0.4) is 0 Å². The highest BCUT2D eigenvalue weighted by molar-refractivity contribution is 5.78. The Balaban J connectivity index is 1.89. The molecule has 0 bridgehead atoms. The molecule has 0 radical (unpaired) electrons. The fraction of sp³-hybridized carbons (Fsp3) is 0.727. The molecule has 0 aromatic heterocycles. The Labute approximate surface area is 110 Å². The largest absolute Gasteiger partial charge is 0.480 e. The zero-order valence-electron chi connectivity index (χ0n) is 10.6. The minimum Gasteiger partial charge on any atom is -0.480 e. The average molecular weight is 273 g/mol. The van der Waals surface area contributed by atoms with Crippen LogP contribution in [0.15, 0.2) is 0 Å². The molecule has 108 valence electrons. The third-order valence-corrected chi connectivity index (χ3v) is 2.34. The fourth-order valence-corrected chi connectivity index (χ4v) is 1.28. The molecule has 0 aromatic carbocycles. The number of carboxylic acid groups (broad SMARTS) is 1. The van der Waals surface area contributed by atoms with Crippen molar-refractivity contribution >= 4 is 17.9 Å². The molecule has 1 aliphatic carbocycles. The van der Waals surface area contributed by atoms with Gasteiger partial charge < -0.3 is 25.8 Å². The summed E-state index contributed by atoms with van der Waals surface area (Å²) in [5.41, 5.74) is 0. The van der Waals surface area contributed by atoms with Crippen LogP contribution in [0.2, 0.25) is 0 Å². The Hall–Kier alpha value is -1.83. The van der Waals surface area contributed by atoms with Gasteiger partial charge in [-0.1, -0.05) is 0 Å². The number of hydrogen-bond donors (Lipinski definition) is 4. The molecule has 3 amide bonds. The molecule has 0 aliphatic heterocycles. The van der Waals surface area contributed by atoms with E-state index in [1.165, 1.54) is 0 Å². The van der Waals surface area contributed by atoms with Gasteiger partial charge in [0.25, 0.3) is 0 Å². The molecule has 0 aromatic rings. The Morgan fingerprint density at radius 1 is 1.16 bits per heavy atom. The third kappa shape index (κ3) is 8.83. The molecular weight excluding hydrogens is 254 g/mol. The summed E-state index contributed by atoms with van der Waals surface area (Å²) in [6.45, 7) is 0.222. The van der Waals surface area contributed by atoms with E-state index in [2.05, 4.69) is 16.0 Å². The number of nitrogens with one attached hydrogen (secondary N) is 3. The van der Waals surface area contributed by atoms with E-state index < -0.39 is 12.0 Å². The number of ether oxygens (including phenoxy) is 1. The number of rotatable bonds is 9. The molecule has 1 fully saturated rings. The van der Waals surface area contributed by atoms with Crippen LogP contribution < -0.4 is 16.0 Å². The first kappa shape index (κ1) is 15.2. The summed E-state index contributed by atoms with van der Waals surface area (Å²) in [6, 6.07) is -0.0779. The number of carboxylic acids is 1. The summed E-state index contributed by atoms with van der Waals surface area (Å²) < 4.78 is 4.73. The summed E-state index contributed by atoms with van der Waals surface area (Å²) in [5.74, 6) is -1.11.